The molecule has 0 aromatic heterocycles. The van der Waals surface area contributed by atoms with Crippen molar-refractivity contribution < 1.29 is 1.37 Å². The van der Waals surface area contributed by atoms with Gasteiger partial charge in [0.05, 0.1) is 1.37 Å². The van der Waals surface area contributed by atoms with Crippen LogP contribution in [0.2, 0.25) is 0 Å². The van der Waals surface area contributed by atoms with Crippen molar-refractivity contribution in [3.05, 3.63) is 35.9 Å². The van der Waals surface area contributed by atoms with E-state index in [1.165, 1.54) is 0 Å². The fourth-order valence-corrected chi connectivity index (χ4v) is 0.703. The van der Waals surface area contributed by atoms with E-state index in [0.29, 0.717) is 6.04 Å². The van der Waals surface area contributed by atoms with Gasteiger partial charge in [-0.3, -0.25) is 0 Å². The zero-order valence-electron chi connectivity index (χ0n) is 6.87. The quantitative estimate of drug-likeness (QED) is 0.666. The van der Waals surface area contributed by atoms with E-state index in [1.807, 2.05) is 19.1 Å². The van der Waals surface area contributed by atoms with Crippen LogP contribution in [0.15, 0.2) is 30.3 Å². The van der Waals surface area contributed by atoms with Crippen molar-refractivity contribution in [1.82, 2.24) is 0 Å². The Morgan fingerprint density at radius 2 is 2.00 bits per heavy atom. The fraction of sp³-hybridized carbons (Fsp3) is 0.250. The van der Waals surface area contributed by atoms with E-state index in [0.717, 1.165) is 5.56 Å². The summed E-state index contributed by atoms with van der Waals surface area (Å²) in [5, 5.41) is 0. The highest BCUT2D eigenvalue weighted by Gasteiger charge is 1.93. The van der Waals surface area contributed by atoms with Crippen LogP contribution in [0.5, 0.6) is 0 Å². The van der Waals surface area contributed by atoms with Crippen LogP contribution in [-0.4, -0.2) is 0 Å². The van der Waals surface area contributed by atoms with Gasteiger partial charge in [0.1, 0.15) is 0 Å². The summed E-state index contributed by atoms with van der Waals surface area (Å²) in [7, 11) is 0. The van der Waals surface area contributed by atoms with Gasteiger partial charge in [0, 0.05) is 6.04 Å². The van der Waals surface area contributed by atoms with E-state index < -0.39 is 0 Å². The molecule has 0 fully saturated rings. The van der Waals surface area contributed by atoms with Gasteiger partial charge in [-0.25, -0.2) is 0 Å². The number of hydrogen-bond acceptors (Lipinski definition) is 1. The molecule has 1 nitrogen and oxygen atoms in total. The lowest BCUT2D eigenvalue weighted by Crippen LogP contribution is -2.03. The van der Waals surface area contributed by atoms with Crippen LogP contribution < -0.4 is 5.73 Å². The summed E-state index contributed by atoms with van der Waals surface area (Å²) in [4.78, 5) is 0. The van der Waals surface area contributed by atoms with E-state index in [-0.39, 0.29) is 18.4 Å². The lowest BCUT2D eigenvalue weighted by Gasteiger charge is -2.02. The zero-order chi connectivity index (χ0) is 7.56. The summed E-state index contributed by atoms with van der Waals surface area (Å²) < 4.78 is 7.19. The second-order valence-corrected chi connectivity index (χ2v) is 2.12. The van der Waals surface area contributed by atoms with E-state index in [1.54, 1.807) is 12.1 Å². The van der Waals surface area contributed by atoms with Gasteiger partial charge in [0.2, 0.25) is 0 Å². The molecular weight excluding hydrogens is 146 g/mol. The first-order chi connectivity index (χ1) is 4.70. The van der Waals surface area contributed by atoms with Gasteiger partial charge >= 0.3 is 0 Å². The molecule has 1 rings (SSSR count). The highest BCUT2D eigenvalue weighted by molar-refractivity contribution is 5.85. The second-order valence-electron chi connectivity index (χ2n) is 2.12. The van der Waals surface area contributed by atoms with Crippen LogP contribution in [0.1, 0.15) is 19.9 Å². The average molecular weight is 159 g/mol. The third-order valence-electron chi connectivity index (χ3n) is 1.27. The molecule has 0 aliphatic rings. The minimum atomic E-state index is 0. The molecule has 1 atom stereocenters. The summed E-state index contributed by atoms with van der Waals surface area (Å²) >= 11 is 0. The first kappa shape index (κ1) is 7.58. The van der Waals surface area contributed by atoms with Crippen molar-refractivity contribution >= 4 is 12.4 Å². The lowest BCUT2D eigenvalue weighted by molar-refractivity contribution is 0.818. The van der Waals surface area contributed by atoms with E-state index in [4.69, 9.17) is 7.10 Å². The van der Waals surface area contributed by atoms with Gasteiger partial charge in [-0.2, -0.15) is 0 Å². The number of rotatable bonds is 1. The maximum atomic E-state index is 7.19. The molecular formula is C8H12ClN. The number of halogens is 1. The van der Waals surface area contributed by atoms with Gasteiger partial charge in [0.15, 0.2) is 0 Å². The molecule has 0 unspecified atom stereocenters. The standard InChI is InChI=1S/C8H11N.ClH/c1-7(9)8-5-3-2-4-6-8;/h2-7H,9H2,1H3;1H/t7-;/m0./s1/i2D;. The molecule has 0 saturated carbocycles. The van der Waals surface area contributed by atoms with Crippen LogP contribution in [0.4, 0.5) is 0 Å². The molecule has 2 heteroatoms. The Morgan fingerprint density at radius 1 is 1.50 bits per heavy atom. The molecule has 0 radical (unpaired) electrons. The molecule has 0 spiro atoms. The Morgan fingerprint density at radius 3 is 2.40 bits per heavy atom. The average Bonchev–Trinajstić information content (AvgIpc) is 1.88. The first-order valence-corrected chi connectivity index (χ1v) is 3.02. The topological polar surface area (TPSA) is 26.0 Å². The molecule has 2 N–H and O–H groups in total. The maximum absolute atomic E-state index is 7.19. The Kier molecular flexibility index (Phi) is 3.27. The Hall–Kier alpha value is -0.530. The van der Waals surface area contributed by atoms with Gasteiger partial charge < -0.3 is 5.73 Å². The molecule has 56 valence electrons. The molecule has 1 aromatic carbocycles. The molecule has 10 heavy (non-hydrogen) atoms. The van der Waals surface area contributed by atoms with Crippen LogP contribution in [0.25, 0.3) is 0 Å². The Bertz CT molecular complexity index is 208. The highest BCUT2D eigenvalue weighted by Crippen LogP contribution is 2.06. The molecule has 0 amide bonds. The van der Waals surface area contributed by atoms with Crippen LogP contribution >= 0.6 is 12.4 Å². The van der Waals surface area contributed by atoms with Gasteiger partial charge in [0.25, 0.3) is 0 Å². The molecule has 0 aliphatic heterocycles. The van der Waals surface area contributed by atoms with Crippen molar-refractivity contribution in [3.63, 3.8) is 0 Å². The summed E-state index contributed by atoms with van der Waals surface area (Å²) in [6.45, 7) is 1.93. The summed E-state index contributed by atoms with van der Waals surface area (Å²) in [5.41, 5.74) is 6.68. The normalized spacial score (nSPS) is 13.2. The third kappa shape index (κ3) is 2.38. The van der Waals surface area contributed by atoms with Crippen molar-refractivity contribution in [3.8, 4) is 0 Å². The molecule has 0 saturated heterocycles. The van der Waals surface area contributed by atoms with Crippen LogP contribution in [-0.2, 0) is 0 Å². The predicted molar refractivity (Wildman–Crippen MR) is 46.3 cm³/mol. The monoisotopic (exact) mass is 158 g/mol. The Balaban J connectivity index is 0.000001000. The zero-order valence-corrected chi connectivity index (χ0v) is 6.69. The fourth-order valence-electron chi connectivity index (χ4n) is 0.703. The first-order valence-electron chi connectivity index (χ1n) is 3.52. The third-order valence-corrected chi connectivity index (χ3v) is 1.27. The van der Waals surface area contributed by atoms with Gasteiger partial charge in [-0.1, -0.05) is 30.3 Å². The van der Waals surface area contributed by atoms with Crippen molar-refractivity contribution in [2.75, 3.05) is 0 Å². The maximum Gasteiger partial charge on any atom is 0.0623 e. The molecule has 0 aliphatic carbocycles. The summed E-state index contributed by atoms with van der Waals surface area (Å²) in [6, 6.07) is 7.86. The van der Waals surface area contributed by atoms with Gasteiger partial charge in [-0.15, -0.1) is 12.4 Å². The summed E-state index contributed by atoms with van der Waals surface area (Å²) in [6.07, 6.45) is 0. The Labute approximate surface area is 69.1 Å². The molecule has 1 aromatic rings. The summed E-state index contributed by atoms with van der Waals surface area (Å²) in [5.74, 6) is 0. The van der Waals surface area contributed by atoms with Crippen molar-refractivity contribution in [2.24, 2.45) is 5.73 Å². The van der Waals surface area contributed by atoms with E-state index in [9.17, 15) is 0 Å². The number of nitrogens with two attached hydrogens (primary N) is 1. The minimum Gasteiger partial charge on any atom is -0.324 e. The minimum absolute atomic E-state index is 0. The number of hydrogen-bond donors (Lipinski definition) is 1. The van der Waals surface area contributed by atoms with Crippen molar-refractivity contribution in [1.29, 1.82) is 0 Å². The predicted octanol–water partition coefficient (Wildman–Crippen LogP) is 2.13. The van der Waals surface area contributed by atoms with Crippen LogP contribution in [0.3, 0.4) is 0 Å². The largest absolute Gasteiger partial charge is 0.324 e. The molecule has 0 heterocycles. The number of benzene rings is 1. The SMILES string of the molecule is Cl.[2H]c1ccc([C@H](C)N)cc1. The van der Waals surface area contributed by atoms with E-state index in [2.05, 4.69) is 0 Å². The van der Waals surface area contributed by atoms with Gasteiger partial charge in [-0.05, 0) is 12.5 Å². The van der Waals surface area contributed by atoms with E-state index >= 15 is 0 Å². The lowest BCUT2D eigenvalue weighted by atomic mass is 10.1. The van der Waals surface area contributed by atoms with Crippen molar-refractivity contribution in [2.45, 2.75) is 13.0 Å². The second kappa shape index (κ2) is 4.31. The van der Waals surface area contributed by atoms with Crippen LogP contribution in [0, 0.1) is 0 Å². The molecule has 0 bridgehead atoms. The smallest absolute Gasteiger partial charge is 0.0623 e. The highest BCUT2D eigenvalue weighted by atomic mass is 35.5.